The summed E-state index contributed by atoms with van der Waals surface area (Å²) >= 11 is 6.21. The maximum atomic E-state index is 12.6. The molecule has 1 N–H and O–H groups in total. The monoisotopic (exact) mass is 469 g/mol. The standard InChI is InChI=1S/C27H20ClN3O3/c1-16-5-7-18(14-21(16)28)24-11-9-20(33-24)10-12-25(32)30-23-15-19(8-6-17(23)2)26-31-22-4-3-13-29-27(22)34-26/h3-15H,1-2H3,(H,30,32)/b12-10+. The van der Waals surface area contributed by atoms with Gasteiger partial charge in [-0.3, -0.25) is 4.79 Å². The normalized spacial score (nSPS) is 11.4. The van der Waals surface area contributed by atoms with E-state index in [-0.39, 0.29) is 5.91 Å². The Hall–Kier alpha value is -4.16. The molecule has 0 unspecified atom stereocenters. The third kappa shape index (κ3) is 4.49. The second-order valence-corrected chi connectivity index (χ2v) is 8.27. The van der Waals surface area contributed by atoms with Crippen molar-refractivity contribution in [3.05, 3.63) is 94.8 Å². The predicted octanol–water partition coefficient (Wildman–Crippen LogP) is 7.07. The lowest BCUT2D eigenvalue weighted by molar-refractivity contribution is -0.111. The summed E-state index contributed by atoms with van der Waals surface area (Å²) in [6, 6.07) is 18.7. The van der Waals surface area contributed by atoms with E-state index in [0.717, 1.165) is 22.3 Å². The Morgan fingerprint density at radius 3 is 2.62 bits per heavy atom. The summed E-state index contributed by atoms with van der Waals surface area (Å²) in [6.07, 6.45) is 4.71. The number of aromatic nitrogens is 2. The topological polar surface area (TPSA) is 81.2 Å². The number of oxazole rings is 1. The van der Waals surface area contributed by atoms with Crippen molar-refractivity contribution in [2.45, 2.75) is 13.8 Å². The minimum atomic E-state index is -0.282. The van der Waals surface area contributed by atoms with Crippen LogP contribution in [0.25, 0.3) is 40.1 Å². The minimum Gasteiger partial charge on any atom is -0.457 e. The summed E-state index contributed by atoms with van der Waals surface area (Å²) in [5.41, 5.74) is 5.35. The molecule has 0 saturated heterocycles. The lowest BCUT2D eigenvalue weighted by atomic mass is 10.1. The van der Waals surface area contributed by atoms with Gasteiger partial charge in [-0.05, 0) is 73.5 Å². The van der Waals surface area contributed by atoms with Gasteiger partial charge < -0.3 is 14.2 Å². The Labute approximate surface area is 200 Å². The van der Waals surface area contributed by atoms with Crippen LogP contribution in [0.5, 0.6) is 0 Å². The highest BCUT2D eigenvalue weighted by Gasteiger charge is 2.12. The fraction of sp³-hybridized carbons (Fsp3) is 0.0741. The van der Waals surface area contributed by atoms with Gasteiger partial charge in [0.15, 0.2) is 0 Å². The molecule has 0 radical (unpaired) electrons. The Bertz CT molecular complexity index is 1520. The number of fused-ring (bicyclic) bond motifs is 1. The second kappa shape index (κ2) is 9.00. The van der Waals surface area contributed by atoms with Gasteiger partial charge in [0.05, 0.1) is 0 Å². The lowest BCUT2D eigenvalue weighted by Gasteiger charge is -2.07. The predicted molar refractivity (Wildman–Crippen MR) is 134 cm³/mol. The zero-order valence-electron chi connectivity index (χ0n) is 18.5. The summed E-state index contributed by atoms with van der Waals surface area (Å²) in [5.74, 6) is 1.40. The van der Waals surface area contributed by atoms with Crippen LogP contribution in [0.4, 0.5) is 5.69 Å². The highest BCUT2D eigenvalue weighted by atomic mass is 35.5. The maximum absolute atomic E-state index is 12.6. The number of nitrogens with one attached hydrogen (secondary N) is 1. The van der Waals surface area contributed by atoms with E-state index in [2.05, 4.69) is 15.3 Å². The number of aryl methyl sites for hydroxylation is 2. The van der Waals surface area contributed by atoms with Crippen LogP contribution in [-0.4, -0.2) is 15.9 Å². The molecule has 34 heavy (non-hydrogen) atoms. The Kier molecular flexibility index (Phi) is 5.74. The van der Waals surface area contributed by atoms with Gasteiger partial charge in [0.2, 0.25) is 17.5 Å². The summed E-state index contributed by atoms with van der Waals surface area (Å²) < 4.78 is 11.6. The van der Waals surface area contributed by atoms with Gasteiger partial charge in [-0.1, -0.05) is 29.8 Å². The molecule has 0 atom stereocenters. The molecule has 6 nitrogen and oxygen atoms in total. The van der Waals surface area contributed by atoms with Gasteiger partial charge >= 0.3 is 0 Å². The highest BCUT2D eigenvalue weighted by molar-refractivity contribution is 6.31. The van der Waals surface area contributed by atoms with E-state index >= 15 is 0 Å². The number of hydrogen-bond donors (Lipinski definition) is 1. The van der Waals surface area contributed by atoms with Crippen LogP contribution < -0.4 is 5.32 Å². The molecule has 2 aromatic carbocycles. The average molecular weight is 470 g/mol. The van der Waals surface area contributed by atoms with Gasteiger partial charge in [0, 0.05) is 34.1 Å². The van der Waals surface area contributed by atoms with Crippen LogP contribution >= 0.6 is 11.6 Å². The SMILES string of the molecule is Cc1ccc(-c2ccc(/C=C/C(=O)Nc3cc(-c4nc5cccnc5o4)ccc3C)o2)cc1Cl. The van der Waals surface area contributed by atoms with E-state index in [1.54, 1.807) is 24.4 Å². The molecule has 0 saturated carbocycles. The van der Waals surface area contributed by atoms with Gasteiger partial charge in [0.25, 0.3) is 0 Å². The molecule has 5 aromatic rings. The number of carbonyl (C=O) groups excluding carboxylic acids is 1. The van der Waals surface area contributed by atoms with Crippen LogP contribution in [0.2, 0.25) is 5.02 Å². The average Bonchev–Trinajstić information content (AvgIpc) is 3.48. The highest BCUT2D eigenvalue weighted by Crippen LogP contribution is 2.28. The minimum absolute atomic E-state index is 0.282. The fourth-order valence-electron chi connectivity index (χ4n) is 3.46. The number of nitrogens with zero attached hydrogens (tertiary/aromatic N) is 2. The quantitative estimate of drug-likeness (QED) is 0.278. The lowest BCUT2D eigenvalue weighted by Crippen LogP contribution is -2.09. The molecule has 0 fully saturated rings. The number of carbonyl (C=O) groups is 1. The molecule has 5 rings (SSSR count). The number of pyridine rings is 1. The van der Waals surface area contributed by atoms with Crippen molar-refractivity contribution in [2.24, 2.45) is 0 Å². The first-order valence-electron chi connectivity index (χ1n) is 10.6. The van der Waals surface area contributed by atoms with Crippen molar-refractivity contribution in [1.82, 2.24) is 9.97 Å². The molecular formula is C27H20ClN3O3. The molecular weight excluding hydrogens is 450 g/mol. The number of anilines is 1. The van der Waals surface area contributed by atoms with Gasteiger partial charge in [-0.2, -0.15) is 0 Å². The van der Waals surface area contributed by atoms with Crippen molar-refractivity contribution in [3.63, 3.8) is 0 Å². The van der Waals surface area contributed by atoms with Crippen molar-refractivity contribution in [2.75, 3.05) is 5.32 Å². The largest absolute Gasteiger partial charge is 0.457 e. The van der Waals surface area contributed by atoms with E-state index in [1.807, 2.05) is 62.4 Å². The van der Waals surface area contributed by atoms with Gasteiger partial charge in [-0.25, -0.2) is 9.97 Å². The number of furan rings is 1. The second-order valence-electron chi connectivity index (χ2n) is 7.86. The van der Waals surface area contributed by atoms with Crippen molar-refractivity contribution in [3.8, 4) is 22.8 Å². The molecule has 3 heterocycles. The van der Waals surface area contributed by atoms with Crippen LogP contribution in [0.15, 0.2) is 81.8 Å². The van der Waals surface area contributed by atoms with Gasteiger partial charge in [-0.15, -0.1) is 0 Å². The van der Waals surface area contributed by atoms with Crippen LogP contribution in [0.1, 0.15) is 16.9 Å². The molecule has 0 aliphatic rings. The molecule has 0 bridgehead atoms. The summed E-state index contributed by atoms with van der Waals surface area (Å²) in [5, 5.41) is 3.58. The number of halogens is 1. The first-order chi connectivity index (χ1) is 16.5. The first-order valence-corrected chi connectivity index (χ1v) is 11.0. The van der Waals surface area contributed by atoms with E-state index in [4.69, 9.17) is 20.4 Å². The number of rotatable bonds is 5. The molecule has 7 heteroatoms. The van der Waals surface area contributed by atoms with Crippen LogP contribution in [0, 0.1) is 13.8 Å². The van der Waals surface area contributed by atoms with Crippen LogP contribution in [-0.2, 0) is 4.79 Å². The van der Waals surface area contributed by atoms with E-state index in [0.29, 0.717) is 39.4 Å². The molecule has 1 amide bonds. The zero-order valence-corrected chi connectivity index (χ0v) is 19.3. The fourth-order valence-corrected chi connectivity index (χ4v) is 3.64. The third-order valence-corrected chi connectivity index (χ3v) is 5.80. The molecule has 0 spiro atoms. The molecule has 0 aliphatic heterocycles. The Morgan fingerprint density at radius 2 is 1.79 bits per heavy atom. The Morgan fingerprint density at radius 1 is 0.971 bits per heavy atom. The van der Waals surface area contributed by atoms with E-state index in [1.165, 1.54) is 6.08 Å². The van der Waals surface area contributed by atoms with Crippen molar-refractivity contribution < 1.29 is 13.6 Å². The molecule has 0 aliphatic carbocycles. The zero-order chi connectivity index (χ0) is 23.7. The van der Waals surface area contributed by atoms with E-state index in [9.17, 15) is 4.79 Å². The number of amides is 1. The van der Waals surface area contributed by atoms with Crippen molar-refractivity contribution in [1.29, 1.82) is 0 Å². The van der Waals surface area contributed by atoms with Gasteiger partial charge in [0.1, 0.15) is 17.0 Å². The number of benzene rings is 2. The molecule has 3 aromatic heterocycles. The first kappa shape index (κ1) is 21.7. The summed E-state index contributed by atoms with van der Waals surface area (Å²) in [7, 11) is 0. The van der Waals surface area contributed by atoms with E-state index < -0.39 is 0 Å². The summed E-state index contributed by atoms with van der Waals surface area (Å²) in [4.78, 5) is 21.2. The smallest absolute Gasteiger partial charge is 0.248 e. The molecule has 168 valence electrons. The van der Waals surface area contributed by atoms with Crippen LogP contribution in [0.3, 0.4) is 0 Å². The maximum Gasteiger partial charge on any atom is 0.248 e. The summed E-state index contributed by atoms with van der Waals surface area (Å²) in [6.45, 7) is 3.87. The van der Waals surface area contributed by atoms with Crippen molar-refractivity contribution >= 4 is 40.5 Å². The number of hydrogen-bond acceptors (Lipinski definition) is 5. The Balaban J connectivity index is 1.31. The third-order valence-electron chi connectivity index (χ3n) is 5.39.